The summed E-state index contributed by atoms with van der Waals surface area (Å²) in [5.74, 6) is 0. The third kappa shape index (κ3) is 4.66. The van der Waals surface area contributed by atoms with Crippen LogP contribution in [0.25, 0.3) is 10.8 Å². The van der Waals surface area contributed by atoms with E-state index in [1.54, 1.807) is 18.1 Å². The lowest BCUT2D eigenvalue weighted by Crippen LogP contribution is -2.48. The number of piperidine rings is 1. The number of hydrogen-bond donors (Lipinski definition) is 0. The van der Waals surface area contributed by atoms with Crippen molar-refractivity contribution in [3.05, 3.63) is 40.8 Å². The number of rotatable bonds is 3. The van der Waals surface area contributed by atoms with E-state index in [1.807, 2.05) is 45.0 Å². The highest BCUT2D eigenvalue weighted by Crippen LogP contribution is 2.18. The fourth-order valence-corrected chi connectivity index (χ4v) is 3.35. The molecule has 146 valence electrons. The number of ether oxygens (including phenoxy) is 1. The number of carbonyl (C=O) groups is 1. The summed E-state index contributed by atoms with van der Waals surface area (Å²) in [5, 5.41) is 5.85. The van der Waals surface area contributed by atoms with Gasteiger partial charge in [-0.25, -0.2) is 9.48 Å². The lowest BCUT2D eigenvalue weighted by atomic mass is 10.0. The minimum absolute atomic E-state index is 0.0684. The Hall–Kier alpha value is -2.41. The zero-order valence-electron chi connectivity index (χ0n) is 16.5. The summed E-state index contributed by atoms with van der Waals surface area (Å²) in [6.45, 7) is 7.69. The molecule has 1 saturated heterocycles. The van der Waals surface area contributed by atoms with Crippen LogP contribution in [0, 0.1) is 0 Å². The first-order valence-electron chi connectivity index (χ1n) is 9.37. The largest absolute Gasteiger partial charge is 0.444 e. The number of fused-ring (bicyclic) bond motifs is 1. The van der Waals surface area contributed by atoms with Gasteiger partial charge in [0, 0.05) is 31.6 Å². The van der Waals surface area contributed by atoms with E-state index in [4.69, 9.17) is 4.74 Å². The zero-order valence-corrected chi connectivity index (χ0v) is 16.5. The van der Waals surface area contributed by atoms with Crippen LogP contribution in [0.15, 0.2) is 35.3 Å². The number of hydrogen-bond acceptors (Lipinski definition) is 5. The highest BCUT2D eigenvalue weighted by molar-refractivity contribution is 5.80. The molecule has 1 aromatic heterocycles. The van der Waals surface area contributed by atoms with Crippen molar-refractivity contribution in [3.8, 4) is 0 Å². The number of aromatic nitrogens is 2. The molecule has 7 nitrogen and oxygen atoms in total. The summed E-state index contributed by atoms with van der Waals surface area (Å²) in [4.78, 5) is 28.7. The van der Waals surface area contributed by atoms with E-state index < -0.39 is 5.60 Å². The average molecular weight is 372 g/mol. The second kappa shape index (κ2) is 7.68. The highest BCUT2D eigenvalue weighted by Gasteiger charge is 2.28. The first kappa shape index (κ1) is 19.4. The monoisotopic (exact) mass is 372 g/mol. The molecule has 2 aromatic rings. The summed E-state index contributed by atoms with van der Waals surface area (Å²) in [6, 6.07) is 7.65. The Kier molecular flexibility index (Phi) is 5.51. The molecule has 0 atom stereocenters. The molecule has 0 spiro atoms. The molecule has 0 saturated carbocycles. The summed E-state index contributed by atoms with van der Waals surface area (Å²) >= 11 is 0. The summed E-state index contributed by atoms with van der Waals surface area (Å²) in [6.07, 6.45) is 3.14. The van der Waals surface area contributed by atoms with Gasteiger partial charge in [-0.1, -0.05) is 18.2 Å². The molecule has 1 fully saturated rings. The van der Waals surface area contributed by atoms with Gasteiger partial charge in [-0.05, 0) is 39.7 Å². The standard InChI is InChI=1S/C20H28N4O3/c1-20(2,3)27-19(26)22(4)16-9-11-23(12-10-16)14-24-18(25)17-8-6-5-7-15(17)13-21-24/h5-8,13,16H,9-12,14H2,1-4H3. The van der Waals surface area contributed by atoms with Gasteiger partial charge in [-0.3, -0.25) is 9.69 Å². The van der Waals surface area contributed by atoms with Crippen LogP contribution >= 0.6 is 0 Å². The lowest BCUT2D eigenvalue weighted by molar-refractivity contribution is 0.0134. The smallest absolute Gasteiger partial charge is 0.410 e. The van der Waals surface area contributed by atoms with Crippen LogP contribution in [0.3, 0.4) is 0 Å². The van der Waals surface area contributed by atoms with E-state index in [-0.39, 0.29) is 17.7 Å². The molecule has 1 aliphatic rings. The number of likely N-dealkylation sites (tertiary alicyclic amines) is 1. The number of amides is 1. The van der Waals surface area contributed by atoms with Crippen LogP contribution in [0.2, 0.25) is 0 Å². The Bertz CT molecular complexity index is 863. The van der Waals surface area contributed by atoms with Crippen LogP contribution < -0.4 is 5.56 Å². The molecule has 0 radical (unpaired) electrons. The predicted molar refractivity (Wildman–Crippen MR) is 105 cm³/mol. The molecule has 3 rings (SSSR count). The van der Waals surface area contributed by atoms with E-state index in [1.165, 1.54) is 4.68 Å². The maximum absolute atomic E-state index is 12.6. The molecular formula is C20H28N4O3. The van der Waals surface area contributed by atoms with E-state index in [2.05, 4.69) is 10.00 Å². The van der Waals surface area contributed by atoms with Crippen molar-refractivity contribution >= 4 is 16.9 Å². The zero-order chi connectivity index (χ0) is 19.6. The topological polar surface area (TPSA) is 67.7 Å². The first-order valence-corrected chi connectivity index (χ1v) is 9.37. The molecule has 0 unspecified atom stereocenters. The van der Waals surface area contributed by atoms with Gasteiger partial charge in [0.05, 0.1) is 18.3 Å². The second-order valence-electron chi connectivity index (χ2n) is 8.12. The fourth-order valence-electron chi connectivity index (χ4n) is 3.35. The van der Waals surface area contributed by atoms with Crippen molar-refractivity contribution in [1.82, 2.24) is 19.6 Å². The van der Waals surface area contributed by atoms with Crippen LogP contribution in [-0.2, 0) is 11.4 Å². The Morgan fingerprint density at radius 1 is 1.26 bits per heavy atom. The first-order chi connectivity index (χ1) is 12.7. The van der Waals surface area contributed by atoms with Gasteiger partial charge in [0.1, 0.15) is 5.60 Å². The van der Waals surface area contributed by atoms with Gasteiger partial charge in [-0.15, -0.1) is 0 Å². The van der Waals surface area contributed by atoms with Crippen molar-refractivity contribution in [2.75, 3.05) is 20.1 Å². The second-order valence-corrected chi connectivity index (χ2v) is 8.12. The van der Waals surface area contributed by atoms with E-state index >= 15 is 0 Å². The third-order valence-corrected chi connectivity index (χ3v) is 4.88. The van der Waals surface area contributed by atoms with Crippen LogP contribution in [0.1, 0.15) is 33.6 Å². The summed E-state index contributed by atoms with van der Waals surface area (Å²) < 4.78 is 6.96. The molecule has 2 heterocycles. The molecule has 27 heavy (non-hydrogen) atoms. The van der Waals surface area contributed by atoms with Gasteiger partial charge in [-0.2, -0.15) is 5.10 Å². The van der Waals surface area contributed by atoms with Crippen molar-refractivity contribution in [3.63, 3.8) is 0 Å². The maximum atomic E-state index is 12.6. The highest BCUT2D eigenvalue weighted by atomic mass is 16.6. The minimum Gasteiger partial charge on any atom is -0.444 e. The Morgan fingerprint density at radius 3 is 2.59 bits per heavy atom. The molecule has 1 aromatic carbocycles. The van der Waals surface area contributed by atoms with Gasteiger partial charge in [0.15, 0.2) is 0 Å². The van der Waals surface area contributed by atoms with E-state index in [9.17, 15) is 9.59 Å². The molecule has 0 bridgehead atoms. The van der Waals surface area contributed by atoms with Gasteiger partial charge in [0.25, 0.3) is 5.56 Å². The van der Waals surface area contributed by atoms with Crippen LogP contribution in [0.4, 0.5) is 4.79 Å². The molecule has 1 aliphatic heterocycles. The molecular weight excluding hydrogens is 344 g/mol. The summed E-state index contributed by atoms with van der Waals surface area (Å²) in [5.41, 5.74) is -0.560. The lowest BCUT2D eigenvalue weighted by Gasteiger charge is -2.37. The van der Waals surface area contributed by atoms with Gasteiger partial charge in [0.2, 0.25) is 0 Å². The quantitative estimate of drug-likeness (QED) is 0.829. The molecule has 0 aliphatic carbocycles. The minimum atomic E-state index is -0.491. The van der Waals surface area contributed by atoms with Crippen LogP contribution in [0.5, 0.6) is 0 Å². The average Bonchev–Trinajstić information content (AvgIpc) is 2.63. The molecule has 1 amide bonds. The number of nitrogens with zero attached hydrogens (tertiary/aromatic N) is 4. The van der Waals surface area contributed by atoms with E-state index in [0.717, 1.165) is 31.3 Å². The summed E-state index contributed by atoms with van der Waals surface area (Å²) in [7, 11) is 1.80. The maximum Gasteiger partial charge on any atom is 0.410 e. The van der Waals surface area contributed by atoms with E-state index in [0.29, 0.717) is 12.1 Å². The van der Waals surface area contributed by atoms with Crippen molar-refractivity contribution in [2.45, 2.75) is 51.9 Å². The molecule has 7 heteroatoms. The van der Waals surface area contributed by atoms with Gasteiger partial charge >= 0.3 is 6.09 Å². The SMILES string of the molecule is CN(C(=O)OC(C)(C)C)C1CCN(Cn2ncc3ccccc3c2=O)CC1. The van der Waals surface area contributed by atoms with Gasteiger partial charge < -0.3 is 9.64 Å². The van der Waals surface area contributed by atoms with Crippen molar-refractivity contribution in [1.29, 1.82) is 0 Å². The Labute approximate surface area is 159 Å². The normalized spacial score (nSPS) is 16.4. The number of benzene rings is 1. The number of carbonyl (C=O) groups excluding carboxylic acids is 1. The van der Waals surface area contributed by atoms with Crippen LogP contribution in [-0.4, -0.2) is 57.5 Å². The Morgan fingerprint density at radius 2 is 1.93 bits per heavy atom. The van der Waals surface area contributed by atoms with Crippen molar-refractivity contribution in [2.24, 2.45) is 0 Å². The third-order valence-electron chi connectivity index (χ3n) is 4.88. The van der Waals surface area contributed by atoms with Crippen molar-refractivity contribution < 1.29 is 9.53 Å². The fraction of sp³-hybridized carbons (Fsp3) is 0.550. The Balaban J connectivity index is 1.59. The molecule has 0 N–H and O–H groups in total. The predicted octanol–water partition coefficient (Wildman–Crippen LogP) is 2.69.